The quantitative estimate of drug-likeness (QED) is 0.684. The molecule has 0 aliphatic heterocycles. The molecule has 0 saturated heterocycles. The number of halogens is 1. The first kappa shape index (κ1) is 17.0. The minimum atomic E-state index is -4.63. The molecule has 1 aliphatic carbocycles. The second-order valence-corrected chi connectivity index (χ2v) is 6.89. The Balaban J connectivity index is 1.93. The highest BCUT2D eigenvalue weighted by atomic mass is 35.7. The van der Waals surface area contributed by atoms with Crippen LogP contribution in [-0.4, -0.2) is 0 Å². The van der Waals surface area contributed by atoms with Crippen LogP contribution in [0.2, 0.25) is 0 Å². The lowest BCUT2D eigenvalue weighted by atomic mass is 9.97. The largest absolute Gasteiger partial charge is 0.300 e. The molecule has 3 aromatic carbocycles. The molecule has 3 aromatic rings. The van der Waals surface area contributed by atoms with E-state index < -0.39 is 15.8 Å². The van der Waals surface area contributed by atoms with E-state index in [0.717, 1.165) is 11.1 Å². The van der Waals surface area contributed by atoms with E-state index in [1.165, 1.54) is 0 Å². The van der Waals surface area contributed by atoms with Crippen molar-refractivity contribution in [1.82, 2.24) is 0 Å². The van der Waals surface area contributed by atoms with E-state index in [4.69, 9.17) is 4.29 Å². The van der Waals surface area contributed by atoms with Crippen molar-refractivity contribution in [3.63, 3.8) is 0 Å². The molecule has 0 radical (unpaired) electrons. The van der Waals surface area contributed by atoms with Crippen molar-refractivity contribution in [2.45, 2.75) is 5.60 Å². The van der Waals surface area contributed by atoms with E-state index in [0.29, 0.717) is 16.7 Å². The molecule has 0 bridgehead atoms. The molecule has 5 heteroatoms. The van der Waals surface area contributed by atoms with Crippen LogP contribution in [0, 0.1) is 10.2 Å². The Labute approximate surface area is 153 Å². The van der Waals surface area contributed by atoms with Crippen molar-refractivity contribution in [2.24, 2.45) is 0 Å². The predicted octanol–water partition coefficient (Wildman–Crippen LogP) is 1.42. The number of hydrogen-bond donors (Lipinski definition) is 0. The van der Waals surface area contributed by atoms with E-state index >= 15 is 0 Å². The number of benzene rings is 3. The van der Waals surface area contributed by atoms with Crippen molar-refractivity contribution >= 4 is 11.1 Å². The maximum absolute atomic E-state index is 11.6. The molecule has 0 unspecified atom stereocenters. The Morgan fingerprint density at radius 1 is 0.577 bits per heavy atom. The van der Waals surface area contributed by atoms with E-state index in [1.807, 2.05) is 66.7 Å². The molecule has 0 fully saturated rings. The van der Waals surface area contributed by atoms with Gasteiger partial charge in [-0.1, -0.05) is 91.0 Å². The molecule has 0 saturated carbocycles. The second-order valence-electron chi connectivity index (χ2n) is 5.98. The molecule has 4 nitrogen and oxygen atoms in total. The van der Waals surface area contributed by atoms with Gasteiger partial charge >= 0.3 is 5.60 Å². The summed E-state index contributed by atoms with van der Waals surface area (Å²) >= 11 is 0. The van der Waals surface area contributed by atoms with E-state index in [2.05, 4.69) is 0 Å². The van der Waals surface area contributed by atoms with Crippen LogP contribution in [0.25, 0.3) is 11.1 Å². The SMILES string of the molecule is [O-][Cl+3]([O-])([O-])OC1(c2ccccc2)C(c2ccccc2)=C1c1ccccc1. The lowest BCUT2D eigenvalue weighted by Crippen LogP contribution is -2.62. The zero-order valence-corrected chi connectivity index (χ0v) is 14.4. The maximum Gasteiger partial charge on any atom is 0.300 e. The minimum absolute atomic E-state index is 0.602. The van der Waals surface area contributed by atoms with Gasteiger partial charge in [-0.15, -0.1) is 0 Å². The fourth-order valence-electron chi connectivity index (χ4n) is 3.39. The zero-order chi connectivity index (χ0) is 18.2. The van der Waals surface area contributed by atoms with Gasteiger partial charge in [0.1, 0.15) is 0 Å². The Kier molecular flexibility index (Phi) is 4.15. The van der Waals surface area contributed by atoms with Crippen molar-refractivity contribution < 1.29 is 28.5 Å². The van der Waals surface area contributed by atoms with Crippen molar-refractivity contribution in [1.29, 1.82) is 0 Å². The molecule has 0 heterocycles. The van der Waals surface area contributed by atoms with Gasteiger partial charge in [-0.25, -0.2) is 0 Å². The average Bonchev–Trinajstić information content (AvgIpc) is 3.31. The molecule has 0 N–H and O–H groups in total. The van der Waals surface area contributed by atoms with Gasteiger partial charge in [0.05, 0.1) is 14.5 Å². The van der Waals surface area contributed by atoms with Crippen molar-refractivity contribution in [3.05, 3.63) is 108 Å². The summed E-state index contributed by atoms with van der Waals surface area (Å²) < 4.78 is 39.9. The molecular formula is C21H15ClO4. The first-order chi connectivity index (χ1) is 12.5. The van der Waals surface area contributed by atoms with Crippen LogP contribution in [-0.2, 0) is 9.89 Å². The van der Waals surface area contributed by atoms with E-state index in [-0.39, 0.29) is 0 Å². The van der Waals surface area contributed by atoms with Crippen LogP contribution in [0.15, 0.2) is 91.0 Å². The highest BCUT2D eigenvalue weighted by Gasteiger charge is 2.67. The zero-order valence-electron chi connectivity index (χ0n) is 13.7. The summed E-state index contributed by atoms with van der Waals surface area (Å²) in [6.07, 6.45) is 0. The summed E-state index contributed by atoms with van der Waals surface area (Å²) in [6.45, 7) is 0. The smallest absolute Gasteiger partial charge is 0.183 e. The van der Waals surface area contributed by atoms with Crippen molar-refractivity contribution in [3.8, 4) is 0 Å². The summed E-state index contributed by atoms with van der Waals surface area (Å²) in [5.41, 5.74) is 2.18. The minimum Gasteiger partial charge on any atom is -0.183 e. The molecule has 1 aliphatic rings. The third-order valence-electron chi connectivity index (χ3n) is 4.41. The molecule has 0 spiro atoms. The topological polar surface area (TPSA) is 78.4 Å². The van der Waals surface area contributed by atoms with Crippen molar-refractivity contribution in [2.75, 3.05) is 0 Å². The summed E-state index contributed by atoms with van der Waals surface area (Å²) in [4.78, 5) is 0. The summed E-state index contributed by atoms with van der Waals surface area (Å²) in [7, 11) is -4.63. The van der Waals surface area contributed by atoms with Gasteiger partial charge in [0.15, 0.2) is 0 Å². The standard InChI is InChI=1S/C21H15ClO4/c23-22(24,25)26-21(18-14-8-3-9-15-18)19(16-10-4-1-5-11-16)20(21)17-12-6-2-7-13-17/h1-15H. The van der Waals surface area contributed by atoms with Gasteiger partial charge in [0, 0.05) is 16.7 Å². The van der Waals surface area contributed by atoms with Gasteiger partial charge in [0.2, 0.25) is 0 Å². The highest BCUT2D eigenvalue weighted by Crippen LogP contribution is 2.65. The second kappa shape index (κ2) is 6.36. The number of rotatable bonds is 5. The molecule has 0 atom stereocenters. The molecule has 0 amide bonds. The lowest BCUT2D eigenvalue weighted by molar-refractivity contribution is -1.92. The maximum atomic E-state index is 11.6. The Morgan fingerprint density at radius 3 is 1.35 bits per heavy atom. The van der Waals surface area contributed by atoms with Gasteiger partial charge < -0.3 is 0 Å². The lowest BCUT2D eigenvalue weighted by Gasteiger charge is -2.21. The first-order valence-corrected chi connectivity index (χ1v) is 9.29. The van der Waals surface area contributed by atoms with Crippen LogP contribution in [0.5, 0.6) is 0 Å². The van der Waals surface area contributed by atoms with Crippen LogP contribution >= 0.6 is 0 Å². The summed E-state index contributed by atoms with van der Waals surface area (Å²) in [5, 5.41) is 0. The molecular weight excluding hydrogens is 352 g/mol. The van der Waals surface area contributed by atoms with Gasteiger partial charge in [-0.2, -0.15) is 14.0 Å². The van der Waals surface area contributed by atoms with Crippen LogP contribution < -0.4 is 14.0 Å². The highest BCUT2D eigenvalue weighted by molar-refractivity contribution is 6.17. The van der Waals surface area contributed by atoms with Crippen LogP contribution in [0.1, 0.15) is 16.7 Å². The van der Waals surface area contributed by atoms with Crippen LogP contribution in [0.3, 0.4) is 0 Å². The summed E-state index contributed by atoms with van der Waals surface area (Å²) in [6, 6.07) is 27.6. The van der Waals surface area contributed by atoms with Gasteiger partial charge in [-0.3, -0.25) is 0 Å². The van der Waals surface area contributed by atoms with Gasteiger partial charge in [-0.05, 0) is 11.1 Å². The van der Waals surface area contributed by atoms with E-state index in [9.17, 15) is 14.0 Å². The Hall–Kier alpha value is -2.47. The van der Waals surface area contributed by atoms with Crippen LogP contribution in [0.4, 0.5) is 0 Å². The number of hydrogen-bond acceptors (Lipinski definition) is 4. The van der Waals surface area contributed by atoms with Gasteiger partial charge in [0.25, 0.3) is 0 Å². The normalized spacial score (nSPS) is 15.8. The third-order valence-corrected chi connectivity index (χ3v) is 4.83. The molecule has 26 heavy (non-hydrogen) atoms. The fourth-order valence-corrected chi connectivity index (χ4v) is 3.92. The molecule has 4 rings (SSSR count). The Morgan fingerprint density at radius 2 is 0.962 bits per heavy atom. The monoisotopic (exact) mass is 366 g/mol. The molecule has 0 aromatic heterocycles. The third kappa shape index (κ3) is 2.94. The van der Waals surface area contributed by atoms with E-state index in [1.54, 1.807) is 24.3 Å². The molecule has 130 valence electrons. The average molecular weight is 367 g/mol. The first-order valence-electron chi connectivity index (χ1n) is 8.05. The predicted molar refractivity (Wildman–Crippen MR) is 88.9 cm³/mol. The fraction of sp³-hybridized carbons (Fsp3) is 0.0476. The Bertz CT molecular complexity index is 883. The summed E-state index contributed by atoms with van der Waals surface area (Å²) in [5.74, 6) is 0.